The van der Waals surface area contributed by atoms with Crippen LogP contribution in [0.3, 0.4) is 0 Å². The van der Waals surface area contributed by atoms with Crippen molar-refractivity contribution < 1.29 is 14.9 Å². The van der Waals surface area contributed by atoms with Gasteiger partial charge in [0.1, 0.15) is 12.5 Å². The van der Waals surface area contributed by atoms with Crippen molar-refractivity contribution in [3.05, 3.63) is 0 Å². The van der Waals surface area contributed by atoms with Crippen molar-refractivity contribution in [1.82, 2.24) is 5.32 Å². The van der Waals surface area contributed by atoms with Gasteiger partial charge in [0.25, 0.3) is 0 Å². The van der Waals surface area contributed by atoms with Gasteiger partial charge in [-0.05, 0) is 20.8 Å². The molecule has 0 saturated carbocycles. The van der Waals surface area contributed by atoms with Gasteiger partial charge in [0.2, 0.25) is 0 Å². The fourth-order valence-electron chi connectivity index (χ4n) is 0.674. The first kappa shape index (κ1) is 9.84. The minimum atomic E-state index is -0.804. The van der Waals surface area contributed by atoms with Gasteiger partial charge in [-0.2, -0.15) is 0 Å². The van der Waals surface area contributed by atoms with Crippen molar-refractivity contribution in [2.75, 3.05) is 0 Å². The molecule has 4 nitrogen and oxygen atoms in total. The van der Waals surface area contributed by atoms with Crippen molar-refractivity contribution in [3.63, 3.8) is 0 Å². The fourth-order valence-corrected chi connectivity index (χ4v) is 0.674. The second kappa shape index (κ2) is 4.62. The van der Waals surface area contributed by atoms with Crippen LogP contribution in [-0.4, -0.2) is 29.0 Å². The van der Waals surface area contributed by atoms with E-state index in [4.69, 9.17) is 14.9 Å². The monoisotopic (exact) mass is 149 g/mol. The third-order valence-corrected chi connectivity index (χ3v) is 0.877. The minimum Gasteiger partial charge on any atom is -0.379 e. The summed E-state index contributed by atoms with van der Waals surface area (Å²) in [5.41, 5.74) is 0. The highest BCUT2D eigenvalue weighted by Crippen LogP contribution is 1.91. The van der Waals surface area contributed by atoms with E-state index in [2.05, 4.69) is 5.32 Å². The molecule has 10 heavy (non-hydrogen) atoms. The maximum atomic E-state index is 8.76. The number of aliphatic hydroxyl groups is 2. The molecule has 0 aliphatic carbocycles. The summed E-state index contributed by atoms with van der Waals surface area (Å²) in [6, 6.07) is 0. The van der Waals surface area contributed by atoms with Gasteiger partial charge in [0.05, 0.1) is 0 Å². The molecule has 0 saturated heterocycles. The van der Waals surface area contributed by atoms with E-state index in [-0.39, 0.29) is 6.23 Å². The van der Waals surface area contributed by atoms with E-state index < -0.39 is 12.5 Å². The molecule has 0 aromatic carbocycles. The summed E-state index contributed by atoms with van der Waals surface area (Å²) in [4.78, 5) is 0. The molecule has 0 aromatic heterocycles. The van der Waals surface area contributed by atoms with E-state index in [1.54, 1.807) is 13.8 Å². The highest BCUT2D eigenvalue weighted by molar-refractivity contribution is 4.47. The number of hydrogen-bond donors (Lipinski definition) is 3. The summed E-state index contributed by atoms with van der Waals surface area (Å²) in [6.07, 6.45) is -1.75. The number of aliphatic hydroxyl groups excluding tert-OH is 2. The standard InChI is InChI=1S/C6H15NO3/c1-4(8)7-5(2)10-6(3)9/h4-9H,1-3H3. The Morgan fingerprint density at radius 1 is 1.20 bits per heavy atom. The molecule has 0 aliphatic heterocycles. The van der Waals surface area contributed by atoms with Crippen LogP contribution in [0.1, 0.15) is 20.8 Å². The summed E-state index contributed by atoms with van der Waals surface area (Å²) in [5.74, 6) is 0. The molecule has 0 rings (SSSR count). The maximum absolute atomic E-state index is 8.76. The summed E-state index contributed by atoms with van der Waals surface area (Å²) >= 11 is 0. The first-order valence-electron chi connectivity index (χ1n) is 3.30. The van der Waals surface area contributed by atoms with Crippen LogP contribution in [0.25, 0.3) is 0 Å². The van der Waals surface area contributed by atoms with Crippen LogP contribution in [0.15, 0.2) is 0 Å². The quantitative estimate of drug-likeness (QED) is 0.477. The minimum absolute atomic E-state index is 0.333. The number of rotatable bonds is 4. The van der Waals surface area contributed by atoms with E-state index >= 15 is 0 Å². The van der Waals surface area contributed by atoms with E-state index in [9.17, 15) is 0 Å². The van der Waals surface area contributed by atoms with Gasteiger partial charge in [0, 0.05) is 0 Å². The van der Waals surface area contributed by atoms with Gasteiger partial charge >= 0.3 is 0 Å². The molecular weight excluding hydrogens is 134 g/mol. The van der Waals surface area contributed by atoms with Crippen LogP contribution in [0, 0.1) is 0 Å². The van der Waals surface area contributed by atoms with Gasteiger partial charge in [-0.15, -0.1) is 0 Å². The fraction of sp³-hybridized carbons (Fsp3) is 1.00. The Labute approximate surface area is 60.8 Å². The molecule has 0 amide bonds. The molecule has 0 spiro atoms. The number of ether oxygens (including phenoxy) is 1. The van der Waals surface area contributed by atoms with E-state index in [0.29, 0.717) is 0 Å². The van der Waals surface area contributed by atoms with Crippen LogP contribution >= 0.6 is 0 Å². The van der Waals surface area contributed by atoms with E-state index in [1.165, 1.54) is 6.92 Å². The highest BCUT2D eigenvalue weighted by Gasteiger charge is 2.05. The number of hydrogen-bond acceptors (Lipinski definition) is 4. The zero-order valence-electron chi connectivity index (χ0n) is 6.53. The third-order valence-electron chi connectivity index (χ3n) is 0.877. The summed E-state index contributed by atoms with van der Waals surface area (Å²) in [5, 5.41) is 20.1. The summed E-state index contributed by atoms with van der Waals surface area (Å²) in [6.45, 7) is 4.81. The van der Waals surface area contributed by atoms with E-state index in [0.717, 1.165) is 0 Å². The second-order valence-electron chi connectivity index (χ2n) is 2.22. The van der Waals surface area contributed by atoms with Crippen LogP contribution in [0.2, 0.25) is 0 Å². The lowest BCUT2D eigenvalue weighted by atomic mass is 10.5. The van der Waals surface area contributed by atoms with Gasteiger partial charge in [0.15, 0.2) is 6.29 Å². The lowest BCUT2D eigenvalue weighted by Gasteiger charge is -2.18. The van der Waals surface area contributed by atoms with Gasteiger partial charge in [-0.25, -0.2) is 0 Å². The predicted octanol–water partition coefficient (Wildman–Crippen LogP) is -0.385. The molecule has 0 heterocycles. The molecule has 0 fully saturated rings. The van der Waals surface area contributed by atoms with Crippen LogP contribution < -0.4 is 5.32 Å². The predicted molar refractivity (Wildman–Crippen MR) is 37.0 cm³/mol. The zero-order chi connectivity index (χ0) is 8.15. The Morgan fingerprint density at radius 2 is 1.70 bits per heavy atom. The number of nitrogens with one attached hydrogen (secondary N) is 1. The van der Waals surface area contributed by atoms with Crippen molar-refractivity contribution in [2.45, 2.75) is 39.5 Å². The summed E-state index contributed by atoms with van der Waals surface area (Å²) < 4.78 is 4.85. The Bertz CT molecular complexity index is 75.1. The largest absolute Gasteiger partial charge is 0.379 e. The van der Waals surface area contributed by atoms with Crippen LogP contribution in [-0.2, 0) is 4.74 Å². The molecule has 62 valence electrons. The van der Waals surface area contributed by atoms with Gasteiger partial charge in [-0.3, -0.25) is 5.32 Å². The normalized spacial score (nSPS) is 20.1. The molecule has 4 heteroatoms. The first-order chi connectivity index (χ1) is 4.52. The lowest BCUT2D eigenvalue weighted by molar-refractivity contribution is -0.137. The highest BCUT2D eigenvalue weighted by atomic mass is 16.6. The average Bonchev–Trinajstić information content (AvgIpc) is 1.58. The van der Waals surface area contributed by atoms with Gasteiger partial charge < -0.3 is 14.9 Å². The maximum Gasteiger partial charge on any atom is 0.153 e. The molecule has 3 atom stereocenters. The summed E-state index contributed by atoms with van der Waals surface area (Å²) in [7, 11) is 0. The molecule has 0 aromatic rings. The van der Waals surface area contributed by atoms with Gasteiger partial charge in [-0.1, -0.05) is 0 Å². The molecule has 3 N–H and O–H groups in total. The molecule has 0 radical (unpaired) electrons. The second-order valence-corrected chi connectivity index (χ2v) is 2.22. The lowest BCUT2D eigenvalue weighted by Crippen LogP contribution is -2.37. The topological polar surface area (TPSA) is 61.7 Å². The Hall–Kier alpha value is -0.160. The third kappa shape index (κ3) is 5.97. The molecular formula is C6H15NO3. The average molecular weight is 149 g/mol. The van der Waals surface area contributed by atoms with Crippen LogP contribution in [0.4, 0.5) is 0 Å². The van der Waals surface area contributed by atoms with Crippen molar-refractivity contribution in [3.8, 4) is 0 Å². The van der Waals surface area contributed by atoms with Crippen molar-refractivity contribution >= 4 is 0 Å². The molecule has 0 aliphatic rings. The molecule has 0 bridgehead atoms. The Balaban J connectivity index is 3.34. The Kier molecular flexibility index (Phi) is 4.55. The van der Waals surface area contributed by atoms with Crippen molar-refractivity contribution in [2.24, 2.45) is 0 Å². The smallest absolute Gasteiger partial charge is 0.153 e. The first-order valence-corrected chi connectivity index (χ1v) is 3.30. The van der Waals surface area contributed by atoms with Crippen LogP contribution in [0.5, 0.6) is 0 Å². The van der Waals surface area contributed by atoms with E-state index in [1.807, 2.05) is 0 Å². The SMILES string of the molecule is CC(O)NC(C)OC(C)O. The Morgan fingerprint density at radius 3 is 2.00 bits per heavy atom. The van der Waals surface area contributed by atoms with Crippen molar-refractivity contribution in [1.29, 1.82) is 0 Å². The molecule has 3 unspecified atom stereocenters. The zero-order valence-corrected chi connectivity index (χ0v) is 6.53.